The monoisotopic (exact) mass is 354 g/mol. The van der Waals surface area contributed by atoms with Gasteiger partial charge in [0.15, 0.2) is 5.13 Å². The number of nitrogens with one attached hydrogen (secondary N) is 2. The van der Waals surface area contributed by atoms with E-state index in [1.807, 2.05) is 24.3 Å². The second-order valence-corrected chi connectivity index (χ2v) is 5.94. The van der Waals surface area contributed by atoms with Gasteiger partial charge in [-0.1, -0.05) is 23.5 Å². The molecule has 0 unspecified atom stereocenters. The first-order valence-electron chi connectivity index (χ1n) is 7.30. The molecule has 8 heteroatoms. The number of carbonyl (C=O) groups excluding carboxylic acids is 2. The number of ether oxygens (including phenoxy) is 1. The quantitative estimate of drug-likeness (QED) is 0.427. The predicted octanol–water partition coefficient (Wildman–Crippen LogP) is 2.39. The Morgan fingerprint density at radius 1 is 1.12 bits per heavy atom. The van der Waals surface area contributed by atoms with Gasteiger partial charge in [0.1, 0.15) is 5.75 Å². The third kappa shape index (κ3) is 4.18. The van der Waals surface area contributed by atoms with E-state index in [2.05, 4.69) is 20.8 Å². The first-order valence-corrected chi connectivity index (χ1v) is 8.11. The van der Waals surface area contributed by atoms with Gasteiger partial charge in [-0.25, -0.2) is 10.4 Å². The van der Waals surface area contributed by atoms with E-state index in [1.54, 1.807) is 31.4 Å². The Bertz CT molecular complexity index is 901. The zero-order valence-electron chi connectivity index (χ0n) is 13.2. The second-order valence-electron chi connectivity index (χ2n) is 4.91. The second kappa shape index (κ2) is 7.54. The molecule has 25 heavy (non-hydrogen) atoms. The molecule has 0 aliphatic heterocycles. The molecule has 1 heterocycles. The molecule has 7 nitrogen and oxygen atoms in total. The molecule has 0 atom stereocenters. The van der Waals surface area contributed by atoms with E-state index in [0.717, 1.165) is 21.5 Å². The number of hydrogen-bond donors (Lipinski definition) is 2. The average Bonchev–Trinajstić information content (AvgIpc) is 3.04. The van der Waals surface area contributed by atoms with E-state index in [9.17, 15) is 9.59 Å². The third-order valence-electron chi connectivity index (χ3n) is 3.22. The van der Waals surface area contributed by atoms with Gasteiger partial charge in [0, 0.05) is 0 Å². The lowest BCUT2D eigenvalue weighted by atomic mass is 10.2. The van der Waals surface area contributed by atoms with E-state index in [-0.39, 0.29) is 0 Å². The Morgan fingerprint density at radius 3 is 2.60 bits per heavy atom. The highest BCUT2D eigenvalue weighted by Crippen LogP contribution is 2.25. The van der Waals surface area contributed by atoms with Crippen molar-refractivity contribution in [3.05, 3.63) is 54.1 Å². The molecule has 0 saturated heterocycles. The smallest absolute Gasteiger partial charge is 0.329 e. The SMILES string of the molecule is COc1ccc(/C=N\NC(=O)C(=O)Nc2nc3ccccc3s2)cc1. The summed E-state index contributed by atoms with van der Waals surface area (Å²) < 4.78 is 5.98. The van der Waals surface area contributed by atoms with Crippen LogP contribution < -0.4 is 15.5 Å². The van der Waals surface area contributed by atoms with Crippen LogP contribution >= 0.6 is 11.3 Å². The van der Waals surface area contributed by atoms with Gasteiger partial charge >= 0.3 is 11.8 Å². The molecule has 2 aromatic carbocycles. The molecular weight excluding hydrogens is 340 g/mol. The van der Waals surface area contributed by atoms with Gasteiger partial charge in [-0.3, -0.25) is 14.9 Å². The van der Waals surface area contributed by atoms with Crippen LogP contribution in [0.4, 0.5) is 5.13 Å². The molecule has 2 N–H and O–H groups in total. The number of carbonyl (C=O) groups is 2. The van der Waals surface area contributed by atoms with Crippen LogP contribution in [0, 0.1) is 0 Å². The standard InChI is InChI=1S/C17H14N4O3S/c1-24-12-8-6-11(7-9-12)10-18-21-16(23)15(22)20-17-19-13-4-2-3-5-14(13)25-17/h2-10H,1H3,(H,21,23)(H,19,20,22)/b18-10-. The summed E-state index contributed by atoms with van der Waals surface area (Å²) in [5.41, 5.74) is 3.70. The maximum absolute atomic E-state index is 11.9. The minimum absolute atomic E-state index is 0.362. The average molecular weight is 354 g/mol. The third-order valence-corrected chi connectivity index (χ3v) is 4.17. The fourth-order valence-corrected chi connectivity index (χ4v) is 2.85. The fourth-order valence-electron chi connectivity index (χ4n) is 1.99. The molecule has 3 rings (SSSR count). The number of benzene rings is 2. The highest BCUT2D eigenvalue weighted by atomic mass is 32.1. The number of aromatic nitrogens is 1. The summed E-state index contributed by atoms with van der Waals surface area (Å²) in [5.74, 6) is -0.980. The van der Waals surface area contributed by atoms with Crippen molar-refractivity contribution in [2.24, 2.45) is 5.10 Å². The lowest BCUT2D eigenvalue weighted by Gasteiger charge is -2.00. The van der Waals surface area contributed by atoms with E-state index in [0.29, 0.717) is 5.13 Å². The van der Waals surface area contributed by atoms with E-state index >= 15 is 0 Å². The Hall–Kier alpha value is -3.26. The molecule has 0 spiro atoms. The van der Waals surface area contributed by atoms with Crippen LogP contribution in [-0.2, 0) is 9.59 Å². The summed E-state index contributed by atoms with van der Waals surface area (Å²) in [6.45, 7) is 0. The molecule has 0 bridgehead atoms. The number of para-hydroxylation sites is 1. The van der Waals surface area contributed by atoms with Gasteiger partial charge < -0.3 is 4.74 Å². The van der Waals surface area contributed by atoms with E-state index in [1.165, 1.54) is 17.6 Å². The number of amides is 2. The van der Waals surface area contributed by atoms with Gasteiger partial charge in [0.25, 0.3) is 0 Å². The van der Waals surface area contributed by atoms with Crippen LogP contribution in [0.15, 0.2) is 53.6 Å². The summed E-state index contributed by atoms with van der Waals surface area (Å²) >= 11 is 1.29. The molecule has 0 aliphatic carbocycles. The van der Waals surface area contributed by atoms with Gasteiger partial charge in [-0.05, 0) is 42.0 Å². The molecular formula is C17H14N4O3S. The number of rotatable bonds is 4. The van der Waals surface area contributed by atoms with Gasteiger partial charge in [-0.15, -0.1) is 0 Å². The predicted molar refractivity (Wildman–Crippen MR) is 97.0 cm³/mol. The topological polar surface area (TPSA) is 92.7 Å². The Balaban J connectivity index is 1.56. The minimum atomic E-state index is -0.871. The molecule has 0 aliphatic rings. The van der Waals surface area contributed by atoms with Crippen molar-refractivity contribution in [2.75, 3.05) is 12.4 Å². The summed E-state index contributed by atoms with van der Waals surface area (Å²) in [6, 6.07) is 14.5. The summed E-state index contributed by atoms with van der Waals surface area (Å²) in [4.78, 5) is 27.9. The number of anilines is 1. The van der Waals surface area contributed by atoms with E-state index < -0.39 is 11.8 Å². The number of fused-ring (bicyclic) bond motifs is 1. The molecule has 126 valence electrons. The Labute approximate surface area is 147 Å². The largest absolute Gasteiger partial charge is 0.497 e. The lowest BCUT2D eigenvalue weighted by Crippen LogP contribution is -2.32. The number of hydrazone groups is 1. The maximum atomic E-state index is 11.9. The highest BCUT2D eigenvalue weighted by molar-refractivity contribution is 7.22. The molecule has 0 saturated carbocycles. The van der Waals surface area contributed by atoms with E-state index in [4.69, 9.17) is 4.74 Å². The first kappa shape index (κ1) is 16.6. The Kier molecular flexibility index (Phi) is 5.00. The van der Waals surface area contributed by atoms with Crippen molar-refractivity contribution in [1.82, 2.24) is 10.4 Å². The molecule has 0 fully saturated rings. The minimum Gasteiger partial charge on any atom is -0.497 e. The van der Waals surface area contributed by atoms with Crippen LogP contribution in [0.1, 0.15) is 5.56 Å². The maximum Gasteiger partial charge on any atom is 0.329 e. The zero-order valence-corrected chi connectivity index (χ0v) is 14.0. The van der Waals surface area contributed by atoms with Crippen LogP contribution in [0.25, 0.3) is 10.2 Å². The first-order chi connectivity index (χ1) is 12.2. The number of hydrogen-bond acceptors (Lipinski definition) is 6. The molecule has 2 amide bonds. The van der Waals surface area contributed by atoms with Crippen molar-refractivity contribution in [2.45, 2.75) is 0 Å². The summed E-state index contributed by atoms with van der Waals surface area (Å²) in [7, 11) is 1.58. The van der Waals surface area contributed by atoms with Gasteiger partial charge in [0.2, 0.25) is 0 Å². The summed E-state index contributed by atoms with van der Waals surface area (Å²) in [5, 5.41) is 6.58. The van der Waals surface area contributed by atoms with Crippen molar-refractivity contribution in [1.29, 1.82) is 0 Å². The highest BCUT2D eigenvalue weighted by Gasteiger charge is 2.15. The van der Waals surface area contributed by atoms with Crippen LogP contribution in [0.3, 0.4) is 0 Å². The normalized spacial score (nSPS) is 10.8. The van der Waals surface area contributed by atoms with Crippen molar-refractivity contribution < 1.29 is 14.3 Å². The van der Waals surface area contributed by atoms with Crippen molar-refractivity contribution in [3.8, 4) is 5.75 Å². The lowest BCUT2D eigenvalue weighted by molar-refractivity contribution is -0.136. The Morgan fingerprint density at radius 2 is 1.88 bits per heavy atom. The van der Waals surface area contributed by atoms with Crippen LogP contribution in [-0.4, -0.2) is 30.1 Å². The molecule has 1 aromatic heterocycles. The number of methoxy groups -OCH3 is 1. The zero-order chi connectivity index (χ0) is 17.6. The van der Waals surface area contributed by atoms with Gasteiger partial charge in [-0.2, -0.15) is 5.10 Å². The van der Waals surface area contributed by atoms with Crippen molar-refractivity contribution >= 4 is 44.7 Å². The molecule has 3 aromatic rings. The van der Waals surface area contributed by atoms with Crippen LogP contribution in [0.2, 0.25) is 0 Å². The fraction of sp³-hybridized carbons (Fsp3) is 0.0588. The number of nitrogens with zero attached hydrogens (tertiary/aromatic N) is 2. The number of thiazole rings is 1. The summed E-state index contributed by atoms with van der Waals surface area (Å²) in [6.07, 6.45) is 1.43. The molecule has 0 radical (unpaired) electrons. The van der Waals surface area contributed by atoms with Crippen molar-refractivity contribution in [3.63, 3.8) is 0 Å². The van der Waals surface area contributed by atoms with Crippen LogP contribution in [0.5, 0.6) is 5.75 Å². The van der Waals surface area contributed by atoms with Gasteiger partial charge in [0.05, 0.1) is 23.5 Å².